The van der Waals surface area contributed by atoms with Gasteiger partial charge in [-0.25, -0.2) is 4.98 Å². The maximum atomic E-state index is 12.3. The molecule has 1 aromatic carbocycles. The van der Waals surface area contributed by atoms with Crippen molar-refractivity contribution in [3.8, 4) is 0 Å². The molecule has 0 aliphatic rings. The molecule has 132 valence electrons. The van der Waals surface area contributed by atoms with Crippen molar-refractivity contribution in [3.05, 3.63) is 58.4 Å². The van der Waals surface area contributed by atoms with Gasteiger partial charge >= 0.3 is 0 Å². The van der Waals surface area contributed by atoms with Crippen molar-refractivity contribution in [1.29, 1.82) is 0 Å². The second kappa shape index (κ2) is 9.18. The Kier molecular flexibility index (Phi) is 6.95. The van der Waals surface area contributed by atoms with Crippen molar-refractivity contribution in [2.45, 2.75) is 33.1 Å². The molecule has 5 nitrogen and oxygen atoms in total. The average Bonchev–Trinajstić information content (AvgIpc) is 2.62. The second-order valence-corrected chi connectivity index (χ2v) is 6.20. The number of carbonyl (C=O) groups is 2. The molecule has 2 N–H and O–H groups in total. The number of nitrogens with zero attached hydrogens (tertiary/aromatic N) is 1. The van der Waals surface area contributed by atoms with E-state index in [1.807, 2.05) is 13.0 Å². The molecule has 0 unspecified atom stereocenters. The number of rotatable bonds is 7. The lowest BCUT2D eigenvalue weighted by Gasteiger charge is -2.08. The summed E-state index contributed by atoms with van der Waals surface area (Å²) < 4.78 is 0. The van der Waals surface area contributed by atoms with Crippen LogP contribution in [0.2, 0.25) is 5.02 Å². The van der Waals surface area contributed by atoms with Crippen LogP contribution in [0.1, 0.15) is 52.7 Å². The molecule has 0 fully saturated rings. The molecule has 0 spiro atoms. The minimum Gasteiger partial charge on any atom is -0.351 e. The molecule has 0 saturated carbocycles. The Balaban J connectivity index is 2.03. The van der Waals surface area contributed by atoms with E-state index in [4.69, 9.17) is 11.6 Å². The van der Waals surface area contributed by atoms with Gasteiger partial charge in [0.15, 0.2) is 0 Å². The minimum atomic E-state index is -0.388. The van der Waals surface area contributed by atoms with E-state index >= 15 is 0 Å². The van der Waals surface area contributed by atoms with Crippen molar-refractivity contribution < 1.29 is 9.59 Å². The largest absolute Gasteiger partial charge is 0.351 e. The number of hydrogen-bond acceptors (Lipinski definition) is 3. The summed E-state index contributed by atoms with van der Waals surface area (Å²) in [7, 11) is 0. The average molecular weight is 360 g/mol. The normalized spacial score (nSPS) is 10.4. The van der Waals surface area contributed by atoms with Gasteiger partial charge in [-0.1, -0.05) is 43.5 Å². The van der Waals surface area contributed by atoms with Gasteiger partial charge in [-0.3, -0.25) is 9.59 Å². The zero-order valence-corrected chi connectivity index (χ0v) is 15.2. The summed E-state index contributed by atoms with van der Waals surface area (Å²) in [5.41, 5.74) is 1.92. The van der Waals surface area contributed by atoms with Gasteiger partial charge in [0.25, 0.3) is 11.8 Å². The van der Waals surface area contributed by atoms with E-state index < -0.39 is 0 Å². The van der Waals surface area contributed by atoms with Crippen LogP contribution in [0.4, 0.5) is 5.69 Å². The van der Waals surface area contributed by atoms with E-state index in [1.54, 1.807) is 30.3 Å². The van der Waals surface area contributed by atoms with Crippen LogP contribution in [0.5, 0.6) is 0 Å². The molecule has 0 bridgehead atoms. The van der Waals surface area contributed by atoms with E-state index in [0.717, 1.165) is 24.8 Å². The Morgan fingerprint density at radius 2 is 1.80 bits per heavy atom. The van der Waals surface area contributed by atoms with Gasteiger partial charge in [0.1, 0.15) is 11.4 Å². The molecule has 2 rings (SSSR count). The molecule has 25 heavy (non-hydrogen) atoms. The SMILES string of the molecule is CCCCCNC(=O)c1cccc(C(=O)Nc2ccc(C)c(Cl)c2)n1. The van der Waals surface area contributed by atoms with Crippen LogP contribution in [0, 0.1) is 6.92 Å². The Hall–Kier alpha value is -2.40. The maximum Gasteiger partial charge on any atom is 0.274 e. The zero-order chi connectivity index (χ0) is 18.2. The first-order valence-corrected chi connectivity index (χ1v) is 8.72. The summed E-state index contributed by atoms with van der Waals surface area (Å²) in [5.74, 6) is -0.662. The number of carbonyl (C=O) groups excluding carboxylic acids is 2. The number of amides is 2. The van der Waals surface area contributed by atoms with E-state index in [1.165, 1.54) is 0 Å². The molecule has 0 aliphatic heterocycles. The Morgan fingerprint density at radius 1 is 1.08 bits per heavy atom. The first-order valence-electron chi connectivity index (χ1n) is 8.34. The molecular weight excluding hydrogens is 338 g/mol. The van der Waals surface area contributed by atoms with Crippen LogP contribution in [-0.2, 0) is 0 Å². The summed E-state index contributed by atoms with van der Waals surface area (Å²) >= 11 is 6.06. The molecular formula is C19H22ClN3O2. The van der Waals surface area contributed by atoms with Crippen molar-refractivity contribution >= 4 is 29.1 Å². The van der Waals surface area contributed by atoms with Gasteiger partial charge in [0.05, 0.1) is 0 Å². The molecule has 6 heteroatoms. The van der Waals surface area contributed by atoms with E-state index in [0.29, 0.717) is 17.3 Å². The summed E-state index contributed by atoms with van der Waals surface area (Å²) in [6.07, 6.45) is 3.08. The lowest BCUT2D eigenvalue weighted by molar-refractivity contribution is 0.0948. The first kappa shape index (κ1) is 18.9. The summed E-state index contributed by atoms with van der Waals surface area (Å²) in [6.45, 7) is 4.59. The standard InChI is InChI=1S/C19H22ClN3O2/c1-3-4-5-11-21-18(24)16-7-6-8-17(23-16)19(25)22-14-10-9-13(2)15(20)12-14/h6-10,12H,3-5,11H2,1-2H3,(H,21,24)(H,22,25). The zero-order valence-electron chi connectivity index (χ0n) is 14.4. The number of anilines is 1. The smallest absolute Gasteiger partial charge is 0.274 e. The highest BCUT2D eigenvalue weighted by Crippen LogP contribution is 2.20. The monoisotopic (exact) mass is 359 g/mol. The number of pyridine rings is 1. The van der Waals surface area contributed by atoms with Gasteiger partial charge in [0.2, 0.25) is 0 Å². The van der Waals surface area contributed by atoms with Gasteiger partial charge in [-0.05, 0) is 43.2 Å². The highest BCUT2D eigenvalue weighted by Gasteiger charge is 2.12. The quantitative estimate of drug-likeness (QED) is 0.727. The molecule has 2 amide bonds. The fourth-order valence-electron chi connectivity index (χ4n) is 2.22. The second-order valence-electron chi connectivity index (χ2n) is 5.79. The number of halogens is 1. The van der Waals surface area contributed by atoms with Crippen LogP contribution in [0.15, 0.2) is 36.4 Å². The molecule has 1 aromatic heterocycles. The fourth-order valence-corrected chi connectivity index (χ4v) is 2.40. The minimum absolute atomic E-state index is 0.179. The maximum absolute atomic E-state index is 12.3. The predicted molar refractivity (Wildman–Crippen MR) is 100 cm³/mol. The number of aromatic nitrogens is 1. The van der Waals surface area contributed by atoms with Gasteiger partial charge in [-0.2, -0.15) is 0 Å². The molecule has 0 atom stereocenters. The number of unbranched alkanes of at least 4 members (excludes halogenated alkanes) is 2. The predicted octanol–water partition coefficient (Wildman–Crippen LogP) is 4.22. The van der Waals surface area contributed by atoms with Crippen molar-refractivity contribution in [1.82, 2.24) is 10.3 Å². The molecule has 1 heterocycles. The van der Waals surface area contributed by atoms with Crippen molar-refractivity contribution in [3.63, 3.8) is 0 Å². The first-order chi connectivity index (χ1) is 12.0. The van der Waals surface area contributed by atoms with Gasteiger partial charge in [-0.15, -0.1) is 0 Å². The number of benzene rings is 1. The lowest BCUT2D eigenvalue weighted by atomic mass is 10.2. The Labute approximate surface area is 152 Å². The number of hydrogen-bond donors (Lipinski definition) is 2. The summed E-state index contributed by atoms with van der Waals surface area (Å²) in [5, 5.41) is 6.12. The highest BCUT2D eigenvalue weighted by atomic mass is 35.5. The highest BCUT2D eigenvalue weighted by molar-refractivity contribution is 6.31. The van der Waals surface area contributed by atoms with Crippen molar-refractivity contribution in [2.24, 2.45) is 0 Å². The summed E-state index contributed by atoms with van der Waals surface area (Å²) in [4.78, 5) is 28.6. The third-order valence-electron chi connectivity index (χ3n) is 3.71. The van der Waals surface area contributed by atoms with Crippen LogP contribution in [-0.4, -0.2) is 23.3 Å². The number of aryl methyl sites for hydroxylation is 1. The molecule has 2 aromatic rings. The van der Waals surface area contributed by atoms with Crippen LogP contribution in [0.25, 0.3) is 0 Å². The van der Waals surface area contributed by atoms with Gasteiger partial charge in [0, 0.05) is 17.3 Å². The fraction of sp³-hybridized carbons (Fsp3) is 0.316. The van der Waals surface area contributed by atoms with Crippen molar-refractivity contribution in [2.75, 3.05) is 11.9 Å². The third-order valence-corrected chi connectivity index (χ3v) is 4.12. The summed E-state index contributed by atoms with van der Waals surface area (Å²) in [6, 6.07) is 10.1. The lowest BCUT2D eigenvalue weighted by Crippen LogP contribution is -2.26. The molecule has 0 aliphatic carbocycles. The van der Waals surface area contributed by atoms with Gasteiger partial charge < -0.3 is 10.6 Å². The molecule has 0 radical (unpaired) electrons. The topological polar surface area (TPSA) is 71.1 Å². The Bertz CT molecular complexity index is 762. The van der Waals surface area contributed by atoms with Crippen LogP contribution >= 0.6 is 11.6 Å². The molecule has 0 saturated heterocycles. The van der Waals surface area contributed by atoms with Crippen LogP contribution in [0.3, 0.4) is 0 Å². The Morgan fingerprint density at radius 3 is 2.48 bits per heavy atom. The van der Waals surface area contributed by atoms with E-state index in [9.17, 15) is 9.59 Å². The van der Waals surface area contributed by atoms with E-state index in [2.05, 4.69) is 22.5 Å². The third kappa shape index (κ3) is 5.57. The number of nitrogens with one attached hydrogen (secondary N) is 2. The van der Waals surface area contributed by atoms with Crippen LogP contribution < -0.4 is 10.6 Å². The van der Waals surface area contributed by atoms with E-state index in [-0.39, 0.29) is 23.2 Å².